The van der Waals surface area contributed by atoms with Crippen LogP contribution < -0.4 is 5.32 Å². The number of benzene rings is 1. The van der Waals surface area contributed by atoms with Crippen LogP contribution >= 0.6 is 0 Å². The van der Waals surface area contributed by atoms with E-state index in [4.69, 9.17) is 0 Å². The van der Waals surface area contributed by atoms with Gasteiger partial charge in [-0.05, 0) is 43.8 Å². The highest BCUT2D eigenvalue weighted by Crippen LogP contribution is 2.37. The molecule has 4 rings (SSSR count). The summed E-state index contributed by atoms with van der Waals surface area (Å²) in [5, 5.41) is 3.17. The third-order valence-electron chi connectivity index (χ3n) is 4.60. The van der Waals surface area contributed by atoms with E-state index in [1.54, 1.807) is 6.92 Å². The van der Waals surface area contributed by atoms with Crippen molar-refractivity contribution in [2.24, 2.45) is 5.92 Å². The van der Waals surface area contributed by atoms with Crippen molar-refractivity contribution in [3.8, 4) is 0 Å². The predicted molar refractivity (Wildman–Crippen MR) is 75.7 cm³/mol. The summed E-state index contributed by atoms with van der Waals surface area (Å²) in [6.07, 6.45) is 3.88. The Morgan fingerprint density at radius 2 is 1.95 bits per heavy atom. The molecule has 3 nitrogen and oxygen atoms in total. The first-order valence-corrected chi connectivity index (χ1v) is 7.30. The van der Waals surface area contributed by atoms with Crippen molar-refractivity contribution >= 4 is 5.91 Å². The number of hydrogen-bond acceptors (Lipinski definition) is 2. The Morgan fingerprint density at radius 1 is 1.26 bits per heavy atom. The van der Waals surface area contributed by atoms with Crippen LogP contribution in [0.5, 0.6) is 0 Å². The van der Waals surface area contributed by atoms with Crippen LogP contribution in [0.1, 0.15) is 37.8 Å². The summed E-state index contributed by atoms with van der Waals surface area (Å²) in [5.41, 5.74) is 1.23. The Morgan fingerprint density at radius 3 is 2.47 bits per heavy atom. The van der Waals surface area contributed by atoms with Gasteiger partial charge in [-0.3, -0.25) is 9.69 Å². The molecule has 1 aromatic carbocycles. The van der Waals surface area contributed by atoms with Crippen LogP contribution in [0.15, 0.2) is 30.3 Å². The maximum atomic E-state index is 11.5. The minimum Gasteiger partial charge on any atom is -0.348 e. The standard InChI is InChI=1S/C16H22N2O/c1-12(19)17-16(14-5-3-2-4-6-14)15-11-13-7-9-18(15)10-8-13/h2-6,13,15-16H,7-11H2,1H3,(H,17,19)/t15?,16-/m0/s1. The highest BCUT2D eigenvalue weighted by Gasteiger charge is 2.38. The molecule has 1 N–H and O–H groups in total. The molecular weight excluding hydrogens is 236 g/mol. The van der Waals surface area contributed by atoms with Crippen LogP contribution in [-0.4, -0.2) is 29.9 Å². The molecule has 3 aliphatic rings. The normalized spacial score (nSPS) is 30.9. The van der Waals surface area contributed by atoms with Crippen LogP contribution in [0, 0.1) is 5.92 Å². The molecule has 102 valence electrons. The number of nitrogens with zero attached hydrogens (tertiary/aromatic N) is 1. The topological polar surface area (TPSA) is 32.3 Å². The first-order valence-electron chi connectivity index (χ1n) is 7.30. The number of fused-ring (bicyclic) bond motifs is 3. The maximum absolute atomic E-state index is 11.5. The minimum absolute atomic E-state index is 0.0662. The lowest BCUT2D eigenvalue weighted by Crippen LogP contribution is -2.54. The highest BCUT2D eigenvalue weighted by atomic mass is 16.1. The van der Waals surface area contributed by atoms with Gasteiger partial charge in [-0.25, -0.2) is 0 Å². The molecule has 0 aromatic heterocycles. The number of carbonyl (C=O) groups is 1. The summed E-state index contributed by atoms with van der Waals surface area (Å²) in [6.45, 7) is 4.00. The first-order chi connectivity index (χ1) is 9.24. The third kappa shape index (κ3) is 2.66. The number of piperidine rings is 3. The fourth-order valence-electron chi connectivity index (χ4n) is 3.64. The number of amides is 1. The Kier molecular flexibility index (Phi) is 3.56. The average molecular weight is 258 g/mol. The number of rotatable bonds is 3. The third-order valence-corrected chi connectivity index (χ3v) is 4.60. The molecule has 3 aliphatic heterocycles. The lowest BCUT2D eigenvalue weighted by Gasteiger charge is -2.48. The summed E-state index contributed by atoms with van der Waals surface area (Å²) >= 11 is 0. The van der Waals surface area contributed by atoms with Gasteiger partial charge in [0.15, 0.2) is 0 Å². The summed E-state index contributed by atoms with van der Waals surface area (Å²) in [4.78, 5) is 14.1. The molecule has 19 heavy (non-hydrogen) atoms. The highest BCUT2D eigenvalue weighted by molar-refractivity contribution is 5.73. The van der Waals surface area contributed by atoms with Gasteiger partial charge in [-0.2, -0.15) is 0 Å². The van der Waals surface area contributed by atoms with E-state index < -0.39 is 0 Å². The fraction of sp³-hybridized carbons (Fsp3) is 0.562. The quantitative estimate of drug-likeness (QED) is 0.902. The van der Waals surface area contributed by atoms with Crippen LogP contribution in [-0.2, 0) is 4.79 Å². The molecule has 2 bridgehead atoms. The Hall–Kier alpha value is -1.35. The number of hydrogen-bond donors (Lipinski definition) is 1. The summed E-state index contributed by atoms with van der Waals surface area (Å²) in [7, 11) is 0. The van der Waals surface area contributed by atoms with Crippen molar-refractivity contribution in [1.82, 2.24) is 10.2 Å². The second-order valence-corrected chi connectivity index (χ2v) is 5.87. The van der Waals surface area contributed by atoms with E-state index in [0.29, 0.717) is 6.04 Å². The molecule has 0 saturated carbocycles. The molecule has 2 atom stereocenters. The average Bonchev–Trinajstić information content (AvgIpc) is 2.47. The van der Waals surface area contributed by atoms with Gasteiger partial charge < -0.3 is 5.32 Å². The SMILES string of the molecule is CC(=O)N[C@@H](c1ccccc1)C1CC2CCN1CC2. The second kappa shape index (κ2) is 5.33. The first kappa shape index (κ1) is 12.7. The molecule has 1 amide bonds. The van der Waals surface area contributed by atoms with Crippen molar-refractivity contribution in [2.45, 2.75) is 38.3 Å². The molecule has 1 unspecified atom stereocenters. The van der Waals surface area contributed by atoms with Crippen LogP contribution in [0.4, 0.5) is 0 Å². The van der Waals surface area contributed by atoms with Gasteiger partial charge in [0.2, 0.25) is 5.91 Å². The fourth-order valence-corrected chi connectivity index (χ4v) is 3.64. The van der Waals surface area contributed by atoms with E-state index in [-0.39, 0.29) is 11.9 Å². The lowest BCUT2D eigenvalue weighted by atomic mass is 9.79. The van der Waals surface area contributed by atoms with Gasteiger partial charge >= 0.3 is 0 Å². The van der Waals surface area contributed by atoms with Gasteiger partial charge in [0.25, 0.3) is 0 Å². The van der Waals surface area contributed by atoms with Gasteiger partial charge in [0, 0.05) is 13.0 Å². The monoisotopic (exact) mass is 258 g/mol. The summed E-state index contributed by atoms with van der Waals surface area (Å²) in [5.74, 6) is 0.923. The van der Waals surface area contributed by atoms with Gasteiger partial charge in [-0.15, -0.1) is 0 Å². The molecule has 0 spiro atoms. The van der Waals surface area contributed by atoms with E-state index in [1.165, 1.54) is 37.9 Å². The zero-order chi connectivity index (χ0) is 13.2. The van der Waals surface area contributed by atoms with E-state index in [9.17, 15) is 4.79 Å². The summed E-state index contributed by atoms with van der Waals surface area (Å²) in [6, 6.07) is 11.0. The van der Waals surface area contributed by atoms with E-state index >= 15 is 0 Å². The van der Waals surface area contributed by atoms with Gasteiger partial charge in [0.05, 0.1) is 6.04 Å². The Balaban J connectivity index is 1.85. The van der Waals surface area contributed by atoms with Gasteiger partial charge in [-0.1, -0.05) is 30.3 Å². The molecule has 0 radical (unpaired) electrons. The van der Waals surface area contributed by atoms with Crippen molar-refractivity contribution in [3.05, 3.63) is 35.9 Å². The van der Waals surface area contributed by atoms with Crippen molar-refractivity contribution in [1.29, 1.82) is 0 Å². The van der Waals surface area contributed by atoms with Crippen LogP contribution in [0.25, 0.3) is 0 Å². The lowest BCUT2D eigenvalue weighted by molar-refractivity contribution is -0.120. The smallest absolute Gasteiger partial charge is 0.217 e. The number of nitrogens with one attached hydrogen (secondary N) is 1. The molecule has 3 heteroatoms. The zero-order valence-corrected chi connectivity index (χ0v) is 11.5. The largest absolute Gasteiger partial charge is 0.348 e. The van der Waals surface area contributed by atoms with E-state index in [1.807, 2.05) is 6.07 Å². The van der Waals surface area contributed by atoms with E-state index in [2.05, 4.69) is 34.5 Å². The maximum Gasteiger partial charge on any atom is 0.217 e. The Bertz CT molecular complexity index is 437. The molecular formula is C16H22N2O. The molecule has 3 saturated heterocycles. The zero-order valence-electron chi connectivity index (χ0n) is 11.5. The number of carbonyl (C=O) groups excluding carboxylic acids is 1. The molecule has 0 aliphatic carbocycles. The van der Waals surface area contributed by atoms with Crippen LogP contribution in [0.3, 0.4) is 0 Å². The van der Waals surface area contributed by atoms with Crippen molar-refractivity contribution in [2.75, 3.05) is 13.1 Å². The van der Waals surface area contributed by atoms with E-state index in [0.717, 1.165) is 5.92 Å². The summed E-state index contributed by atoms with van der Waals surface area (Å²) < 4.78 is 0. The van der Waals surface area contributed by atoms with Crippen LogP contribution in [0.2, 0.25) is 0 Å². The minimum atomic E-state index is 0.0662. The Labute approximate surface area is 115 Å². The molecule has 3 heterocycles. The second-order valence-electron chi connectivity index (χ2n) is 5.87. The predicted octanol–water partition coefficient (Wildman–Crippen LogP) is 2.35. The molecule has 3 fully saturated rings. The van der Waals surface area contributed by atoms with Gasteiger partial charge in [0.1, 0.15) is 0 Å². The van der Waals surface area contributed by atoms with Crippen molar-refractivity contribution < 1.29 is 4.79 Å². The molecule has 1 aromatic rings. The van der Waals surface area contributed by atoms with Crippen molar-refractivity contribution in [3.63, 3.8) is 0 Å².